The number of pyridine rings is 1. The molecule has 0 saturated carbocycles. The van der Waals surface area contributed by atoms with Crippen molar-refractivity contribution in [2.75, 3.05) is 14.2 Å². The smallest absolute Gasteiger partial charge is 0.276 e. The number of aromatic nitrogens is 3. The molecule has 0 spiro atoms. The van der Waals surface area contributed by atoms with E-state index in [1.54, 1.807) is 18.0 Å². The number of nitrogens with one attached hydrogen (secondary N) is 1. The summed E-state index contributed by atoms with van der Waals surface area (Å²) in [7, 11) is 3.80. The minimum atomic E-state index is 0.0130. The fourth-order valence-electron chi connectivity index (χ4n) is 3.92. The largest absolute Gasteiger partial charge is 0.496 e. The van der Waals surface area contributed by atoms with Gasteiger partial charge >= 0.3 is 0 Å². The number of H-pyrrole nitrogens is 1. The molecule has 1 N–H and O–H groups in total. The van der Waals surface area contributed by atoms with Crippen LogP contribution in [0.5, 0.6) is 5.75 Å². The highest BCUT2D eigenvalue weighted by molar-refractivity contribution is 5.34. The van der Waals surface area contributed by atoms with Crippen molar-refractivity contribution in [2.24, 2.45) is 0 Å². The van der Waals surface area contributed by atoms with Crippen LogP contribution in [0, 0.1) is 0 Å². The summed E-state index contributed by atoms with van der Waals surface area (Å²) in [6, 6.07) is 13.8. The van der Waals surface area contributed by atoms with Crippen LogP contribution in [0.1, 0.15) is 35.7 Å². The van der Waals surface area contributed by atoms with Crippen LogP contribution >= 0.6 is 0 Å². The monoisotopic (exact) mass is 364 g/mol. The second kappa shape index (κ2) is 7.40. The highest BCUT2D eigenvalue weighted by atomic mass is 16.5. The number of hydrogen-bond donors (Lipinski definition) is 1. The summed E-state index contributed by atoms with van der Waals surface area (Å²) < 4.78 is 7.06. The minimum Gasteiger partial charge on any atom is -0.496 e. The Morgan fingerprint density at radius 3 is 2.85 bits per heavy atom. The van der Waals surface area contributed by atoms with Crippen LogP contribution in [0.4, 0.5) is 0 Å². The Kier molecular flexibility index (Phi) is 4.81. The van der Waals surface area contributed by atoms with Crippen LogP contribution in [-0.2, 0) is 13.0 Å². The fourth-order valence-corrected chi connectivity index (χ4v) is 3.92. The summed E-state index contributed by atoms with van der Waals surface area (Å²) in [5.74, 6) is 1.52. The molecule has 3 aromatic rings. The lowest BCUT2D eigenvalue weighted by Crippen LogP contribution is -2.28. The maximum absolute atomic E-state index is 12.9. The van der Waals surface area contributed by atoms with Crippen molar-refractivity contribution in [3.63, 3.8) is 0 Å². The van der Waals surface area contributed by atoms with Crippen molar-refractivity contribution in [3.05, 3.63) is 75.8 Å². The first-order chi connectivity index (χ1) is 13.2. The van der Waals surface area contributed by atoms with Gasteiger partial charge < -0.3 is 4.74 Å². The quantitative estimate of drug-likeness (QED) is 0.756. The van der Waals surface area contributed by atoms with Gasteiger partial charge in [0.25, 0.3) is 5.56 Å². The molecule has 1 aromatic carbocycles. The number of benzene rings is 1. The van der Waals surface area contributed by atoms with Gasteiger partial charge in [0.2, 0.25) is 0 Å². The van der Waals surface area contributed by atoms with Crippen LogP contribution in [0.3, 0.4) is 0 Å². The van der Waals surface area contributed by atoms with Gasteiger partial charge in [-0.25, -0.2) is 9.67 Å². The first-order valence-corrected chi connectivity index (χ1v) is 9.26. The zero-order valence-corrected chi connectivity index (χ0v) is 15.7. The lowest BCUT2D eigenvalue weighted by molar-refractivity contribution is 0.206. The van der Waals surface area contributed by atoms with E-state index in [2.05, 4.69) is 28.1 Å². The van der Waals surface area contributed by atoms with Crippen LogP contribution < -0.4 is 10.3 Å². The third-order valence-corrected chi connectivity index (χ3v) is 5.28. The Morgan fingerprint density at radius 2 is 2.07 bits per heavy atom. The zero-order chi connectivity index (χ0) is 18.8. The third kappa shape index (κ3) is 3.28. The Labute approximate surface area is 158 Å². The Balaban J connectivity index is 1.66. The van der Waals surface area contributed by atoms with Gasteiger partial charge in [-0.05, 0) is 44.5 Å². The van der Waals surface area contributed by atoms with Crippen molar-refractivity contribution in [3.8, 4) is 11.6 Å². The van der Waals surface area contributed by atoms with E-state index in [0.29, 0.717) is 5.82 Å². The molecule has 0 radical (unpaired) electrons. The van der Waals surface area contributed by atoms with E-state index in [1.165, 1.54) is 0 Å². The molecule has 2 heterocycles. The van der Waals surface area contributed by atoms with E-state index in [9.17, 15) is 4.79 Å². The number of ether oxygens (including phenoxy) is 1. The topological polar surface area (TPSA) is 63.1 Å². The average Bonchev–Trinajstić information content (AvgIpc) is 3.06. The maximum Gasteiger partial charge on any atom is 0.276 e. The van der Waals surface area contributed by atoms with Crippen LogP contribution in [-0.4, -0.2) is 33.8 Å². The predicted molar refractivity (Wildman–Crippen MR) is 104 cm³/mol. The lowest BCUT2D eigenvalue weighted by Gasteiger charge is -2.31. The number of methoxy groups -OCH3 is 1. The normalized spacial score (nSPS) is 16.3. The summed E-state index contributed by atoms with van der Waals surface area (Å²) in [4.78, 5) is 19.5. The molecule has 6 heteroatoms. The summed E-state index contributed by atoms with van der Waals surface area (Å²) in [6.45, 7) is 0.755. The first-order valence-electron chi connectivity index (χ1n) is 9.26. The molecule has 0 amide bonds. The molecule has 0 fully saturated rings. The van der Waals surface area contributed by atoms with E-state index in [0.717, 1.165) is 48.4 Å². The standard InChI is InChI=1S/C21H24N4O2/c1-24(14-15-8-3-4-11-18(15)27-2)17-10-7-9-16-20(17)23-25(21(16)26)19-12-5-6-13-22-19/h3-6,8,11-13,17,23H,7,9-10,14H2,1-2H3. The molecule has 4 rings (SSSR count). The van der Waals surface area contributed by atoms with Gasteiger partial charge in [0.15, 0.2) is 5.82 Å². The van der Waals surface area contributed by atoms with E-state index < -0.39 is 0 Å². The molecule has 1 aliphatic carbocycles. The Morgan fingerprint density at radius 1 is 1.26 bits per heavy atom. The molecule has 6 nitrogen and oxygen atoms in total. The van der Waals surface area contributed by atoms with Crippen molar-refractivity contribution in [1.82, 2.24) is 19.7 Å². The molecular formula is C21H24N4O2. The second-order valence-corrected chi connectivity index (χ2v) is 6.97. The summed E-state index contributed by atoms with van der Waals surface area (Å²) in [5.41, 5.74) is 3.04. The van der Waals surface area contributed by atoms with Crippen LogP contribution in [0.25, 0.3) is 5.82 Å². The molecule has 1 atom stereocenters. The SMILES string of the molecule is COc1ccccc1CN(C)C1CCCc2c1[nH]n(-c1ccccn1)c2=O. The highest BCUT2D eigenvalue weighted by Crippen LogP contribution is 2.33. The molecule has 1 aliphatic rings. The Bertz CT molecular complexity index is 977. The lowest BCUT2D eigenvalue weighted by atomic mass is 9.92. The van der Waals surface area contributed by atoms with Crippen molar-refractivity contribution in [2.45, 2.75) is 31.8 Å². The number of fused-ring (bicyclic) bond motifs is 1. The van der Waals surface area contributed by atoms with Gasteiger partial charge in [-0.1, -0.05) is 24.3 Å². The van der Waals surface area contributed by atoms with Gasteiger partial charge in [-0.2, -0.15) is 0 Å². The Hall–Kier alpha value is -2.86. The van der Waals surface area contributed by atoms with Crippen molar-refractivity contribution in [1.29, 1.82) is 0 Å². The average molecular weight is 364 g/mol. The van der Waals surface area contributed by atoms with Gasteiger partial charge in [-0.3, -0.25) is 14.8 Å². The van der Waals surface area contributed by atoms with Gasteiger partial charge in [0, 0.05) is 23.9 Å². The van der Waals surface area contributed by atoms with Gasteiger partial charge in [0.05, 0.1) is 18.8 Å². The summed E-state index contributed by atoms with van der Waals surface area (Å²) in [5, 5.41) is 3.33. The number of para-hydroxylation sites is 1. The molecular weight excluding hydrogens is 340 g/mol. The molecule has 27 heavy (non-hydrogen) atoms. The van der Waals surface area contributed by atoms with E-state index >= 15 is 0 Å². The molecule has 0 bridgehead atoms. The highest BCUT2D eigenvalue weighted by Gasteiger charge is 2.29. The van der Waals surface area contributed by atoms with Crippen molar-refractivity contribution >= 4 is 0 Å². The van der Waals surface area contributed by atoms with Crippen molar-refractivity contribution < 1.29 is 4.74 Å². The second-order valence-electron chi connectivity index (χ2n) is 6.97. The van der Waals surface area contributed by atoms with Crippen LogP contribution in [0.2, 0.25) is 0 Å². The van der Waals surface area contributed by atoms with Gasteiger partial charge in [-0.15, -0.1) is 0 Å². The molecule has 1 unspecified atom stereocenters. The number of hydrogen-bond acceptors (Lipinski definition) is 4. The minimum absolute atomic E-state index is 0.0130. The third-order valence-electron chi connectivity index (χ3n) is 5.28. The van der Waals surface area contributed by atoms with E-state index in [-0.39, 0.29) is 11.6 Å². The van der Waals surface area contributed by atoms with Gasteiger partial charge in [0.1, 0.15) is 5.75 Å². The molecule has 2 aromatic heterocycles. The summed E-state index contributed by atoms with van der Waals surface area (Å²) >= 11 is 0. The molecule has 0 saturated heterocycles. The first kappa shape index (κ1) is 17.5. The van der Waals surface area contributed by atoms with E-state index in [4.69, 9.17) is 4.74 Å². The molecule has 140 valence electrons. The number of nitrogens with zero attached hydrogens (tertiary/aromatic N) is 3. The van der Waals surface area contributed by atoms with E-state index in [1.807, 2.05) is 36.4 Å². The number of rotatable bonds is 5. The fraction of sp³-hybridized carbons (Fsp3) is 0.333. The number of aromatic amines is 1. The van der Waals surface area contributed by atoms with Crippen LogP contribution in [0.15, 0.2) is 53.5 Å². The molecule has 0 aliphatic heterocycles. The zero-order valence-electron chi connectivity index (χ0n) is 15.7. The maximum atomic E-state index is 12.9. The summed E-state index contributed by atoms with van der Waals surface area (Å²) in [6.07, 6.45) is 4.53. The predicted octanol–water partition coefficient (Wildman–Crippen LogP) is 3.08.